The molecule has 3 nitrogen and oxygen atoms in total. The Morgan fingerprint density at radius 3 is 1.97 bits per heavy atom. The Bertz CT molecular complexity index is 1400. The molecule has 0 aliphatic heterocycles. The van der Waals surface area contributed by atoms with Gasteiger partial charge < -0.3 is 9.47 Å². The Hall–Kier alpha value is -3.59. The van der Waals surface area contributed by atoms with Crippen molar-refractivity contribution >= 4 is 16.6 Å². The molecule has 0 fully saturated rings. The molecule has 0 saturated carbocycles. The number of ketones is 1. The van der Waals surface area contributed by atoms with Gasteiger partial charge in [0, 0.05) is 16.7 Å². The van der Waals surface area contributed by atoms with E-state index >= 15 is 0 Å². The Balaban J connectivity index is 1.63. The van der Waals surface area contributed by atoms with Crippen LogP contribution in [-0.2, 0) is 25.7 Å². The second-order valence-corrected chi connectivity index (χ2v) is 8.66. The van der Waals surface area contributed by atoms with Crippen molar-refractivity contribution < 1.29 is 14.3 Å². The summed E-state index contributed by atoms with van der Waals surface area (Å²) in [4.78, 5) is 13.7. The molecule has 158 valence electrons. The smallest absolute Gasteiger partial charge is 0.195 e. The van der Waals surface area contributed by atoms with Gasteiger partial charge in [0.1, 0.15) is 0 Å². The summed E-state index contributed by atoms with van der Waals surface area (Å²) in [7, 11) is 3.26. The molecule has 0 amide bonds. The molecule has 32 heavy (non-hydrogen) atoms. The van der Waals surface area contributed by atoms with E-state index in [1.165, 1.54) is 27.6 Å². The first-order valence-corrected chi connectivity index (χ1v) is 11.1. The van der Waals surface area contributed by atoms with Crippen LogP contribution in [0.1, 0.15) is 38.2 Å². The number of hydrogen-bond acceptors (Lipinski definition) is 3. The predicted molar refractivity (Wildman–Crippen MR) is 127 cm³/mol. The van der Waals surface area contributed by atoms with E-state index in [-0.39, 0.29) is 5.78 Å². The van der Waals surface area contributed by atoms with Crippen LogP contribution >= 0.6 is 0 Å². The first-order chi connectivity index (χ1) is 15.7. The van der Waals surface area contributed by atoms with Crippen molar-refractivity contribution in [2.24, 2.45) is 0 Å². The minimum absolute atomic E-state index is 0.0791. The molecule has 0 atom stereocenters. The maximum atomic E-state index is 13.7. The number of fused-ring (bicyclic) bond motifs is 3. The van der Waals surface area contributed by atoms with Crippen LogP contribution in [0, 0.1) is 0 Å². The Morgan fingerprint density at radius 2 is 1.28 bits per heavy atom. The van der Waals surface area contributed by atoms with Crippen molar-refractivity contribution in [2.75, 3.05) is 14.2 Å². The van der Waals surface area contributed by atoms with E-state index in [2.05, 4.69) is 48.5 Å². The summed E-state index contributed by atoms with van der Waals surface area (Å²) in [6.45, 7) is 0. The highest BCUT2D eigenvalue weighted by atomic mass is 16.5. The van der Waals surface area contributed by atoms with Gasteiger partial charge in [0.25, 0.3) is 0 Å². The van der Waals surface area contributed by atoms with Gasteiger partial charge in [0.2, 0.25) is 0 Å². The summed E-state index contributed by atoms with van der Waals surface area (Å²) >= 11 is 0. The molecular weight excluding hydrogens is 396 g/mol. The highest BCUT2D eigenvalue weighted by Gasteiger charge is 2.33. The van der Waals surface area contributed by atoms with Gasteiger partial charge in [0.05, 0.1) is 14.2 Å². The van der Waals surface area contributed by atoms with Gasteiger partial charge in [0.15, 0.2) is 17.3 Å². The summed E-state index contributed by atoms with van der Waals surface area (Å²) in [5.74, 6) is 1.35. The van der Waals surface area contributed by atoms with Crippen LogP contribution in [0.3, 0.4) is 0 Å². The first-order valence-electron chi connectivity index (χ1n) is 11.1. The van der Waals surface area contributed by atoms with Gasteiger partial charge in [-0.25, -0.2) is 0 Å². The van der Waals surface area contributed by atoms with Crippen LogP contribution in [0.25, 0.3) is 21.9 Å². The van der Waals surface area contributed by atoms with Crippen molar-refractivity contribution in [3.63, 3.8) is 0 Å². The third kappa shape index (κ3) is 2.70. The van der Waals surface area contributed by atoms with Crippen LogP contribution < -0.4 is 9.47 Å². The highest BCUT2D eigenvalue weighted by molar-refractivity contribution is 6.29. The standard InChI is InChI=1S/C29H24O3/c1-31-24-16-15-23-26(29(24)32-2)22-14-13-21-19-9-7-17-3-5-18(6-4-17)8-10-20(12-11-19)25(21)27(22)28(23)30/h3-6,11-16H,7-10H2,1-2H3. The molecule has 5 aliphatic carbocycles. The van der Waals surface area contributed by atoms with Crippen molar-refractivity contribution in [3.05, 3.63) is 94.0 Å². The molecular formula is C29H24O3. The lowest BCUT2D eigenvalue weighted by Gasteiger charge is -2.17. The predicted octanol–water partition coefficient (Wildman–Crippen LogP) is 5.95. The molecule has 0 radical (unpaired) electrons. The summed E-state index contributed by atoms with van der Waals surface area (Å²) in [5, 5.41) is 2.31. The zero-order valence-corrected chi connectivity index (χ0v) is 18.3. The number of aryl methyl sites for hydroxylation is 4. The number of rotatable bonds is 2. The minimum Gasteiger partial charge on any atom is -0.493 e. The largest absolute Gasteiger partial charge is 0.493 e. The summed E-state index contributed by atoms with van der Waals surface area (Å²) in [6.07, 6.45) is 3.80. The van der Waals surface area contributed by atoms with Crippen molar-refractivity contribution in [3.8, 4) is 22.6 Å². The average molecular weight is 421 g/mol. The van der Waals surface area contributed by atoms with Gasteiger partial charge in [-0.2, -0.15) is 0 Å². The van der Waals surface area contributed by atoms with E-state index < -0.39 is 0 Å². The minimum atomic E-state index is 0.0791. The molecule has 0 saturated heterocycles. The van der Waals surface area contributed by atoms with E-state index in [1.807, 2.05) is 12.1 Å². The third-order valence-electron chi connectivity index (χ3n) is 7.03. The molecule has 4 bridgehead atoms. The van der Waals surface area contributed by atoms with Crippen molar-refractivity contribution in [2.45, 2.75) is 25.7 Å². The number of hydrogen-bond donors (Lipinski definition) is 0. The zero-order valence-electron chi connectivity index (χ0n) is 18.3. The number of benzene rings is 4. The number of methoxy groups -OCH3 is 2. The molecule has 0 unspecified atom stereocenters. The van der Waals surface area contributed by atoms with E-state index in [0.29, 0.717) is 17.1 Å². The molecule has 4 aromatic carbocycles. The number of carbonyl (C=O) groups is 1. The fourth-order valence-electron chi connectivity index (χ4n) is 5.40. The molecule has 3 heteroatoms. The van der Waals surface area contributed by atoms with Crippen molar-refractivity contribution in [1.29, 1.82) is 0 Å². The average Bonchev–Trinajstić information content (AvgIpc) is 3.12. The molecule has 0 heterocycles. The first kappa shape index (κ1) is 19.1. The number of carbonyl (C=O) groups excluding carboxylic acids is 1. The Morgan fingerprint density at radius 1 is 0.625 bits per heavy atom. The molecule has 0 aromatic heterocycles. The van der Waals surface area contributed by atoms with Gasteiger partial charge in [-0.3, -0.25) is 4.79 Å². The van der Waals surface area contributed by atoms with Gasteiger partial charge >= 0.3 is 0 Å². The number of ether oxygens (including phenoxy) is 2. The SMILES string of the molecule is COc1ccc2c(c1OC)-c1ccc3c4ccc(c3c1C2=O)CCc1ccc(cc1)CC4. The van der Waals surface area contributed by atoms with Crippen LogP contribution in [0.15, 0.2) is 60.7 Å². The Kier molecular flexibility index (Phi) is 4.32. The lowest BCUT2D eigenvalue weighted by Crippen LogP contribution is -2.04. The quantitative estimate of drug-likeness (QED) is 0.354. The van der Waals surface area contributed by atoms with E-state index in [0.717, 1.165) is 47.8 Å². The fraction of sp³-hybridized carbons (Fsp3) is 0.207. The van der Waals surface area contributed by atoms with Crippen LogP contribution in [0.4, 0.5) is 0 Å². The molecule has 9 rings (SSSR count). The maximum absolute atomic E-state index is 13.7. The topological polar surface area (TPSA) is 35.5 Å². The van der Waals surface area contributed by atoms with Crippen molar-refractivity contribution in [1.82, 2.24) is 0 Å². The third-order valence-corrected chi connectivity index (χ3v) is 7.03. The van der Waals surface area contributed by atoms with E-state index in [9.17, 15) is 4.79 Å². The lowest BCUT2D eigenvalue weighted by molar-refractivity contribution is 0.104. The van der Waals surface area contributed by atoms with Crippen LogP contribution in [-0.4, -0.2) is 20.0 Å². The second kappa shape index (κ2) is 7.23. The van der Waals surface area contributed by atoms with Gasteiger partial charge in [-0.1, -0.05) is 48.5 Å². The Labute approximate surface area is 187 Å². The van der Waals surface area contributed by atoms with Crippen LogP contribution in [0.5, 0.6) is 11.5 Å². The monoisotopic (exact) mass is 420 g/mol. The normalized spacial score (nSPS) is 14.1. The molecule has 5 aliphatic rings. The zero-order chi connectivity index (χ0) is 21.8. The fourth-order valence-corrected chi connectivity index (χ4v) is 5.40. The summed E-state index contributed by atoms with van der Waals surface area (Å²) < 4.78 is 11.2. The van der Waals surface area contributed by atoms with Gasteiger partial charge in [-0.15, -0.1) is 0 Å². The van der Waals surface area contributed by atoms with E-state index in [1.54, 1.807) is 14.2 Å². The maximum Gasteiger partial charge on any atom is 0.195 e. The molecule has 0 spiro atoms. The summed E-state index contributed by atoms with van der Waals surface area (Å²) in [5.41, 5.74) is 8.52. The van der Waals surface area contributed by atoms with E-state index in [4.69, 9.17) is 9.47 Å². The molecule has 4 aromatic rings. The highest BCUT2D eigenvalue weighted by Crippen LogP contribution is 2.49. The second-order valence-electron chi connectivity index (χ2n) is 8.66. The van der Waals surface area contributed by atoms with Crippen LogP contribution in [0.2, 0.25) is 0 Å². The summed E-state index contributed by atoms with van der Waals surface area (Å²) in [6, 6.07) is 21.5. The van der Waals surface area contributed by atoms with Gasteiger partial charge in [-0.05, 0) is 76.4 Å². The molecule has 0 N–H and O–H groups in total. The lowest BCUT2D eigenvalue weighted by atomic mass is 9.87.